The first-order chi connectivity index (χ1) is 12.9. The molecule has 0 saturated carbocycles. The zero-order valence-electron chi connectivity index (χ0n) is 14.3. The number of anilines is 1. The Kier molecular flexibility index (Phi) is 6.26. The number of unbranched alkanes of at least 4 members (excludes halogenated alkanes) is 2. The summed E-state index contributed by atoms with van der Waals surface area (Å²) in [6.45, 7) is 0.799. The molecule has 3 rings (SSSR count). The van der Waals surface area contributed by atoms with E-state index in [1.807, 2.05) is 0 Å². The van der Waals surface area contributed by atoms with Crippen LogP contribution in [-0.2, 0) is 13.1 Å². The average Bonchev–Trinajstić information content (AvgIpc) is 2.87. The molecule has 1 aromatic carbocycles. The summed E-state index contributed by atoms with van der Waals surface area (Å²) in [4.78, 5) is 21.2. The van der Waals surface area contributed by atoms with E-state index in [1.165, 1.54) is 4.57 Å². The normalized spacial score (nSPS) is 11.4. The van der Waals surface area contributed by atoms with Gasteiger partial charge in [-0.05, 0) is 37.0 Å². The minimum Gasteiger partial charge on any atom is -0.396 e. The fourth-order valence-corrected chi connectivity index (χ4v) is 3.51. The number of fused-ring (bicyclic) bond motifs is 1. The van der Waals surface area contributed by atoms with Gasteiger partial charge in [0.15, 0.2) is 10.8 Å². The molecule has 2 aromatic heterocycles. The number of hydrogen-bond donors (Lipinski definition) is 2. The molecule has 3 N–H and O–H groups in total. The van der Waals surface area contributed by atoms with Gasteiger partial charge in [-0.15, -0.1) is 0 Å². The zero-order valence-corrected chi connectivity index (χ0v) is 16.6. The monoisotopic (exact) mass is 429 g/mol. The second-order valence-corrected chi connectivity index (χ2v) is 7.27. The number of rotatable bonds is 7. The molecule has 3 aromatic rings. The topological polar surface area (TPSA) is 99.0 Å². The molecular weight excluding hydrogens is 413 g/mol. The average molecular weight is 431 g/mol. The Morgan fingerprint density at radius 3 is 2.52 bits per heavy atom. The highest BCUT2D eigenvalue weighted by Gasteiger charge is 2.19. The van der Waals surface area contributed by atoms with Gasteiger partial charge >= 0.3 is 5.69 Å². The van der Waals surface area contributed by atoms with E-state index in [9.17, 15) is 4.79 Å². The summed E-state index contributed by atoms with van der Waals surface area (Å²) in [7, 11) is 0. The molecule has 0 aliphatic rings. The van der Waals surface area contributed by atoms with Crippen LogP contribution >= 0.6 is 34.8 Å². The quantitative estimate of drug-likeness (QED) is 0.442. The fourth-order valence-electron chi connectivity index (χ4n) is 2.91. The van der Waals surface area contributed by atoms with Gasteiger partial charge < -0.3 is 10.8 Å². The van der Waals surface area contributed by atoms with E-state index >= 15 is 0 Å². The van der Waals surface area contributed by atoms with E-state index in [2.05, 4.69) is 9.97 Å². The van der Waals surface area contributed by atoms with Crippen LogP contribution in [0.15, 0.2) is 23.0 Å². The maximum Gasteiger partial charge on any atom is 0.330 e. The van der Waals surface area contributed by atoms with Crippen molar-refractivity contribution in [1.82, 2.24) is 19.1 Å². The molecule has 0 atom stereocenters. The summed E-state index contributed by atoms with van der Waals surface area (Å²) >= 11 is 18.3. The number of nitrogens with zero attached hydrogens (tertiary/aromatic N) is 4. The van der Waals surface area contributed by atoms with Crippen molar-refractivity contribution in [2.45, 2.75) is 32.4 Å². The highest BCUT2D eigenvalue weighted by atomic mass is 35.5. The number of aromatic nitrogens is 4. The van der Waals surface area contributed by atoms with Crippen molar-refractivity contribution < 1.29 is 5.11 Å². The predicted octanol–water partition coefficient (Wildman–Crippen LogP) is 3.35. The highest BCUT2D eigenvalue weighted by Crippen LogP contribution is 2.25. The Balaban J connectivity index is 2.07. The SMILES string of the molecule is Nc1nc(Cl)c2c(n1)n(Cc1ccc(Cl)c(Cl)c1)c(=O)n2CCCCCO. The molecule has 0 aliphatic heterocycles. The standard InChI is InChI=1S/C17H18Cl3N5O2/c18-11-5-4-10(8-12(11)19)9-25-15-13(14(20)22-16(21)23-15)24(17(25)27)6-2-1-3-7-26/h4-5,8,26H,1-3,6-7,9H2,(H2,21,22,23). The van der Waals surface area contributed by atoms with Gasteiger partial charge in [-0.2, -0.15) is 9.97 Å². The minimum absolute atomic E-state index is 0.00665. The van der Waals surface area contributed by atoms with Crippen LogP contribution in [0.5, 0.6) is 0 Å². The van der Waals surface area contributed by atoms with Gasteiger partial charge in [0, 0.05) is 13.2 Å². The molecule has 0 radical (unpaired) electrons. The third-order valence-electron chi connectivity index (χ3n) is 4.19. The Hall–Kier alpha value is -1.80. The van der Waals surface area contributed by atoms with E-state index in [0.717, 1.165) is 12.0 Å². The molecule has 0 spiro atoms. The summed E-state index contributed by atoms with van der Waals surface area (Å²) in [6, 6.07) is 5.17. The third kappa shape index (κ3) is 4.21. The number of nitrogens with two attached hydrogens (primary N) is 1. The Bertz CT molecular complexity index is 1030. The largest absolute Gasteiger partial charge is 0.396 e. The van der Waals surface area contributed by atoms with Gasteiger partial charge in [0.25, 0.3) is 0 Å². The van der Waals surface area contributed by atoms with E-state index in [-0.39, 0.29) is 29.9 Å². The van der Waals surface area contributed by atoms with E-state index in [4.69, 9.17) is 45.6 Å². The maximum atomic E-state index is 13.0. The maximum absolute atomic E-state index is 13.0. The van der Waals surface area contributed by atoms with Crippen LogP contribution in [0.1, 0.15) is 24.8 Å². The lowest BCUT2D eigenvalue weighted by Gasteiger charge is -2.05. The summed E-state index contributed by atoms with van der Waals surface area (Å²) in [5, 5.41) is 9.90. The zero-order chi connectivity index (χ0) is 19.6. The molecule has 2 heterocycles. The van der Waals surface area contributed by atoms with E-state index in [1.54, 1.807) is 22.8 Å². The number of halogens is 3. The van der Waals surface area contributed by atoms with Crippen molar-refractivity contribution in [1.29, 1.82) is 0 Å². The molecule has 10 heteroatoms. The number of aliphatic hydroxyl groups is 1. The second kappa shape index (κ2) is 8.48. The minimum atomic E-state index is -0.262. The first kappa shape index (κ1) is 19.9. The van der Waals surface area contributed by atoms with Gasteiger partial charge in [0.1, 0.15) is 5.52 Å². The van der Waals surface area contributed by atoms with Crippen molar-refractivity contribution >= 4 is 51.9 Å². The second-order valence-electron chi connectivity index (χ2n) is 6.10. The molecule has 0 aliphatic carbocycles. The molecule has 0 bridgehead atoms. The summed E-state index contributed by atoms with van der Waals surface area (Å²) in [5.41, 5.74) is 7.07. The Morgan fingerprint density at radius 2 is 1.81 bits per heavy atom. The molecule has 144 valence electrons. The van der Waals surface area contributed by atoms with Gasteiger partial charge in [0.2, 0.25) is 5.95 Å². The van der Waals surface area contributed by atoms with Crippen molar-refractivity contribution in [3.8, 4) is 0 Å². The lowest BCUT2D eigenvalue weighted by Crippen LogP contribution is -2.25. The number of benzene rings is 1. The van der Waals surface area contributed by atoms with Crippen molar-refractivity contribution in [2.24, 2.45) is 0 Å². The van der Waals surface area contributed by atoms with Crippen molar-refractivity contribution in [3.05, 3.63) is 49.4 Å². The first-order valence-electron chi connectivity index (χ1n) is 8.39. The van der Waals surface area contributed by atoms with Crippen LogP contribution in [-0.4, -0.2) is 30.8 Å². The number of aliphatic hydroxyl groups excluding tert-OH is 1. The predicted molar refractivity (Wildman–Crippen MR) is 108 cm³/mol. The summed E-state index contributed by atoms with van der Waals surface area (Å²) < 4.78 is 3.04. The molecule has 0 unspecified atom stereocenters. The molecule has 0 amide bonds. The number of nitrogen functional groups attached to an aromatic ring is 1. The summed E-state index contributed by atoms with van der Waals surface area (Å²) in [6.07, 6.45) is 2.18. The van der Waals surface area contributed by atoms with Crippen molar-refractivity contribution in [2.75, 3.05) is 12.3 Å². The van der Waals surface area contributed by atoms with E-state index in [0.29, 0.717) is 40.6 Å². The van der Waals surface area contributed by atoms with Crippen molar-refractivity contribution in [3.63, 3.8) is 0 Å². The molecule has 0 fully saturated rings. The lowest BCUT2D eigenvalue weighted by molar-refractivity contribution is 0.282. The summed E-state index contributed by atoms with van der Waals surface area (Å²) in [5.74, 6) is -0.00665. The fraction of sp³-hybridized carbons (Fsp3) is 0.353. The van der Waals surface area contributed by atoms with E-state index < -0.39 is 0 Å². The molecular formula is C17H18Cl3N5O2. The molecule has 7 nitrogen and oxygen atoms in total. The van der Waals surface area contributed by atoms with Gasteiger partial charge in [-0.1, -0.05) is 40.9 Å². The Labute approximate surface area is 170 Å². The van der Waals surface area contributed by atoms with Gasteiger partial charge in [0.05, 0.1) is 16.6 Å². The smallest absolute Gasteiger partial charge is 0.330 e. The number of aryl methyl sites for hydroxylation is 1. The van der Waals surface area contributed by atoms with Crippen LogP contribution in [0.25, 0.3) is 11.2 Å². The molecule has 0 saturated heterocycles. The number of hydrogen-bond acceptors (Lipinski definition) is 5. The Morgan fingerprint density at radius 1 is 1.04 bits per heavy atom. The van der Waals surface area contributed by atoms with Gasteiger partial charge in [-0.25, -0.2) is 4.79 Å². The third-order valence-corrected chi connectivity index (χ3v) is 5.19. The molecule has 27 heavy (non-hydrogen) atoms. The first-order valence-corrected chi connectivity index (χ1v) is 9.52. The van der Waals surface area contributed by atoms with Crippen LogP contribution in [0.2, 0.25) is 15.2 Å². The highest BCUT2D eigenvalue weighted by molar-refractivity contribution is 6.42. The number of imidazole rings is 1. The van der Waals surface area contributed by atoms with Crippen LogP contribution in [0.3, 0.4) is 0 Å². The lowest BCUT2D eigenvalue weighted by atomic mass is 10.2. The van der Waals surface area contributed by atoms with Gasteiger partial charge in [-0.3, -0.25) is 9.13 Å². The van der Waals surface area contributed by atoms with Crippen LogP contribution in [0, 0.1) is 0 Å². The van der Waals surface area contributed by atoms with Crippen LogP contribution < -0.4 is 11.4 Å². The van der Waals surface area contributed by atoms with Crippen LogP contribution in [0.4, 0.5) is 5.95 Å².